The molecule has 0 bridgehead atoms. The van der Waals surface area contributed by atoms with Crippen molar-refractivity contribution in [1.82, 2.24) is 16.0 Å². The maximum Gasteiger partial charge on any atom is 0.236 e. The lowest BCUT2D eigenvalue weighted by atomic mass is 10.3. The van der Waals surface area contributed by atoms with Crippen molar-refractivity contribution in [3.05, 3.63) is 0 Å². The van der Waals surface area contributed by atoms with Crippen LogP contribution in [0.3, 0.4) is 0 Å². The van der Waals surface area contributed by atoms with Gasteiger partial charge in [-0.2, -0.15) is 0 Å². The molecule has 1 unspecified atom stereocenters. The first kappa shape index (κ1) is 17.8. The Morgan fingerprint density at radius 2 is 1.58 bits per heavy atom. The number of carbonyl (C=O) groups excluding carboxylic acids is 2. The average molecular weight is 275 g/mol. The highest BCUT2D eigenvalue weighted by molar-refractivity contribution is 5.81. The first-order valence-corrected chi connectivity index (χ1v) is 6.37. The van der Waals surface area contributed by atoms with Crippen LogP contribution in [0.1, 0.15) is 13.3 Å². The predicted octanol–water partition coefficient (Wildman–Crippen LogP) is -1.12. The van der Waals surface area contributed by atoms with Crippen LogP contribution in [-0.2, 0) is 19.1 Å². The third-order valence-corrected chi connectivity index (χ3v) is 2.43. The summed E-state index contributed by atoms with van der Waals surface area (Å²) in [5.41, 5.74) is 0. The third-order valence-electron chi connectivity index (χ3n) is 2.43. The lowest BCUT2D eigenvalue weighted by molar-refractivity contribution is -0.124. The molecule has 0 saturated carbocycles. The van der Waals surface area contributed by atoms with E-state index in [1.54, 1.807) is 21.1 Å². The van der Waals surface area contributed by atoms with Gasteiger partial charge >= 0.3 is 0 Å². The fraction of sp³-hybridized carbons (Fsp3) is 0.833. The van der Waals surface area contributed by atoms with Crippen molar-refractivity contribution >= 4 is 11.8 Å². The molecule has 7 heteroatoms. The molecule has 0 rings (SSSR count). The van der Waals surface area contributed by atoms with E-state index < -0.39 is 0 Å². The fourth-order valence-corrected chi connectivity index (χ4v) is 1.31. The summed E-state index contributed by atoms with van der Waals surface area (Å²) in [6.45, 7) is 4.18. The summed E-state index contributed by atoms with van der Waals surface area (Å²) in [5, 5.41) is 8.41. The number of ether oxygens (including phenoxy) is 2. The van der Waals surface area contributed by atoms with Crippen LogP contribution in [0.4, 0.5) is 0 Å². The van der Waals surface area contributed by atoms with Gasteiger partial charge in [-0.1, -0.05) is 0 Å². The van der Waals surface area contributed by atoms with Crippen LogP contribution < -0.4 is 16.0 Å². The van der Waals surface area contributed by atoms with Crippen molar-refractivity contribution in [1.29, 1.82) is 0 Å². The van der Waals surface area contributed by atoms with Crippen LogP contribution in [0.5, 0.6) is 0 Å². The van der Waals surface area contributed by atoms with Gasteiger partial charge in [0.1, 0.15) is 0 Å². The average Bonchev–Trinajstić information content (AvgIpc) is 2.39. The fourth-order valence-electron chi connectivity index (χ4n) is 1.31. The number of methoxy groups -OCH3 is 2. The number of carbonyl (C=O) groups is 2. The van der Waals surface area contributed by atoms with Crippen molar-refractivity contribution in [2.75, 3.05) is 47.1 Å². The van der Waals surface area contributed by atoms with E-state index >= 15 is 0 Å². The van der Waals surface area contributed by atoms with Gasteiger partial charge in [0, 0.05) is 40.3 Å². The summed E-state index contributed by atoms with van der Waals surface area (Å²) in [7, 11) is 3.16. The van der Waals surface area contributed by atoms with Crippen molar-refractivity contribution in [3.8, 4) is 0 Å². The Labute approximate surface area is 114 Å². The van der Waals surface area contributed by atoms with Crippen LogP contribution >= 0.6 is 0 Å². The van der Waals surface area contributed by atoms with E-state index in [1.807, 2.05) is 0 Å². The molecular weight excluding hydrogens is 250 g/mol. The van der Waals surface area contributed by atoms with Gasteiger partial charge in [-0.15, -0.1) is 0 Å². The molecule has 7 nitrogen and oxygen atoms in total. The molecule has 0 aromatic rings. The minimum Gasteiger partial charge on any atom is -0.383 e. The standard InChI is InChI=1S/C12H25N3O4/c1-10(12(17)15-7-9-19-3)13-5-4-11(16)14-6-8-18-2/h10,13H,4-9H2,1-3H3,(H,14,16)(H,15,17). The first-order chi connectivity index (χ1) is 9.11. The Morgan fingerprint density at radius 3 is 2.16 bits per heavy atom. The predicted molar refractivity (Wildman–Crippen MR) is 71.9 cm³/mol. The van der Waals surface area contributed by atoms with Gasteiger partial charge in [0.2, 0.25) is 11.8 Å². The monoisotopic (exact) mass is 275 g/mol. The zero-order valence-electron chi connectivity index (χ0n) is 12.0. The topological polar surface area (TPSA) is 88.7 Å². The smallest absolute Gasteiger partial charge is 0.236 e. The number of rotatable bonds is 11. The van der Waals surface area contributed by atoms with E-state index in [2.05, 4.69) is 16.0 Å². The van der Waals surface area contributed by atoms with E-state index in [1.165, 1.54) is 0 Å². The molecule has 112 valence electrons. The van der Waals surface area contributed by atoms with Gasteiger partial charge in [-0.25, -0.2) is 0 Å². The second kappa shape index (κ2) is 11.9. The van der Waals surface area contributed by atoms with Gasteiger partial charge in [0.15, 0.2) is 0 Å². The summed E-state index contributed by atoms with van der Waals surface area (Å²) in [5.74, 6) is -0.159. The maximum absolute atomic E-state index is 11.6. The van der Waals surface area contributed by atoms with Crippen LogP contribution in [0, 0.1) is 0 Å². The molecule has 1 atom stereocenters. The first-order valence-electron chi connectivity index (χ1n) is 6.37. The maximum atomic E-state index is 11.6. The molecule has 0 fully saturated rings. The minimum absolute atomic E-state index is 0.0588. The Hall–Kier alpha value is -1.18. The van der Waals surface area contributed by atoms with E-state index in [4.69, 9.17) is 9.47 Å². The van der Waals surface area contributed by atoms with Gasteiger partial charge in [0.05, 0.1) is 19.3 Å². The molecule has 0 aliphatic rings. The highest BCUT2D eigenvalue weighted by Crippen LogP contribution is 1.84. The normalized spacial score (nSPS) is 11.9. The molecule has 0 heterocycles. The van der Waals surface area contributed by atoms with Gasteiger partial charge in [0.25, 0.3) is 0 Å². The third kappa shape index (κ3) is 10.4. The Bertz CT molecular complexity index is 261. The van der Waals surface area contributed by atoms with E-state index in [9.17, 15) is 9.59 Å². The number of amides is 2. The van der Waals surface area contributed by atoms with Gasteiger partial charge < -0.3 is 25.4 Å². The Kier molecular flexibility index (Phi) is 11.1. The lowest BCUT2D eigenvalue weighted by Gasteiger charge is -2.13. The summed E-state index contributed by atoms with van der Waals surface area (Å²) in [6, 6.07) is -0.330. The van der Waals surface area contributed by atoms with Crippen molar-refractivity contribution in [2.45, 2.75) is 19.4 Å². The SMILES string of the molecule is COCCNC(=O)CCNC(C)C(=O)NCCOC. The molecule has 19 heavy (non-hydrogen) atoms. The summed E-state index contributed by atoms with van der Waals surface area (Å²) in [4.78, 5) is 22.9. The van der Waals surface area contributed by atoms with Crippen LogP contribution in [0.2, 0.25) is 0 Å². The van der Waals surface area contributed by atoms with Gasteiger partial charge in [-0.3, -0.25) is 9.59 Å². The summed E-state index contributed by atoms with van der Waals surface area (Å²) in [6.07, 6.45) is 0.333. The number of nitrogens with one attached hydrogen (secondary N) is 3. The molecule has 2 amide bonds. The molecule has 0 aromatic carbocycles. The molecule has 0 aromatic heterocycles. The highest BCUT2D eigenvalue weighted by atomic mass is 16.5. The van der Waals surface area contributed by atoms with Crippen molar-refractivity contribution in [3.63, 3.8) is 0 Å². The Morgan fingerprint density at radius 1 is 1.00 bits per heavy atom. The molecular formula is C12H25N3O4. The second-order valence-electron chi connectivity index (χ2n) is 4.05. The van der Waals surface area contributed by atoms with Crippen LogP contribution in [0.15, 0.2) is 0 Å². The highest BCUT2D eigenvalue weighted by Gasteiger charge is 2.11. The molecule has 0 radical (unpaired) electrons. The number of hydrogen-bond acceptors (Lipinski definition) is 5. The lowest BCUT2D eigenvalue weighted by Crippen LogP contribution is -2.44. The summed E-state index contributed by atoms with van der Waals surface area (Å²) < 4.78 is 9.65. The summed E-state index contributed by atoms with van der Waals surface area (Å²) >= 11 is 0. The largest absolute Gasteiger partial charge is 0.383 e. The number of hydrogen-bond donors (Lipinski definition) is 3. The zero-order chi connectivity index (χ0) is 14.5. The minimum atomic E-state index is -0.330. The van der Waals surface area contributed by atoms with Crippen LogP contribution in [-0.4, -0.2) is 64.9 Å². The molecule has 0 saturated heterocycles. The molecule has 0 spiro atoms. The quantitative estimate of drug-likeness (QED) is 0.416. The van der Waals surface area contributed by atoms with Crippen molar-refractivity contribution < 1.29 is 19.1 Å². The van der Waals surface area contributed by atoms with E-state index in [0.717, 1.165) is 0 Å². The van der Waals surface area contributed by atoms with Gasteiger partial charge in [-0.05, 0) is 6.92 Å². The second-order valence-corrected chi connectivity index (χ2v) is 4.05. The van der Waals surface area contributed by atoms with Crippen molar-refractivity contribution in [2.24, 2.45) is 0 Å². The zero-order valence-corrected chi connectivity index (χ0v) is 12.0. The molecule has 3 N–H and O–H groups in total. The Balaban J connectivity index is 3.58. The van der Waals surface area contributed by atoms with Crippen LogP contribution in [0.25, 0.3) is 0 Å². The molecule has 0 aliphatic carbocycles. The van der Waals surface area contributed by atoms with E-state index in [0.29, 0.717) is 39.3 Å². The van der Waals surface area contributed by atoms with E-state index in [-0.39, 0.29) is 17.9 Å². The molecule has 0 aliphatic heterocycles.